The van der Waals surface area contributed by atoms with Gasteiger partial charge in [0.2, 0.25) is 0 Å². The average molecular weight is 775 g/mol. The van der Waals surface area contributed by atoms with E-state index in [9.17, 15) is 0 Å². The Hall–Kier alpha value is -7.89. The highest BCUT2D eigenvalue weighted by molar-refractivity contribution is 7.00. The molecule has 0 aliphatic carbocycles. The summed E-state index contributed by atoms with van der Waals surface area (Å²) < 4.78 is 16.5. The molecule has 0 N–H and O–H groups in total. The van der Waals surface area contributed by atoms with E-state index in [0.717, 1.165) is 56.8 Å². The highest BCUT2D eigenvalue weighted by Gasteiger charge is 2.44. The second-order valence-electron chi connectivity index (χ2n) is 16.8. The Balaban J connectivity index is 0.952. The largest absolute Gasteiger partial charge is 0.458 e. The summed E-state index contributed by atoms with van der Waals surface area (Å²) in [7, 11) is 0. The first kappa shape index (κ1) is 32.0. The summed E-state index contributed by atoms with van der Waals surface area (Å²) in [6, 6.07) is 68.3. The third-order valence-corrected chi connectivity index (χ3v) is 13.8. The van der Waals surface area contributed by atoms with Crippen LogP contribution in [0, 0.1) is 0 Å². The molecule has 0 radical (unpaired) electrons. The number of para-hydroxylation sites is 5. The number of anilines is 6. The molecule has 61 heavy (non-hydrogen) atoms. The zero-order chi connectivity index (χ0) is 39.5. The molecule has 4 aliphatic heterocycles. The van der Waals surface area contributed by atoms with Gasteiger partial charge in [-0.3, -0.25) is 0 Å². The number of hydrogen-bond acceptors (Lipinski definition) is 4. The van der Waals surface area contributed by atoms with E-state index < -0.39 is 0 Å². The monoisotopic (exact) mass is 775 g/mol. The first-order valence-corrected chi connectivity index (χ1v) is 21.1. The van der Waals surface area contributed by atoms with Crippen molar-refractivity contribution in [2.45, 2.75) is 0 Å². The molecule has 0 fully saturated rings. The lowest BCUT2D eigenvalue weighted by molar-refractivity contribution is 0.488. The minimum Gasteiger partial charge on any atom is -0.458 e. The molecule has 280 valence electrons. The van der Waals surface area contributed by atoms with Gasteiger partial charge in [-0.25, -0.2) is 0 Å². The minimum absolute atomic E-state index is 0.0221. The van der Waals surface area contributed by atoms with Gasteiger partial charge >= 0.3 is 0 Å². The fourth-order valence-electron chi connectivity index (χ4n) is 11.4. The van der Waals surface area contributed by atoms with Crippen molar-refractivity contribution in [3.63, 3.8) is 0 Å². The molecule has 2 aromatic heterocycles. The van der Waals surface area contributed by atoms with Gasteiger partial charge in [-0.1, -0.05) is 115 Å². The van der Waals surface area contributed by atoms with E-state index in [0.29, 0.717) is 0 Å². The summed E-state index contributed by atoms with van der Waals surface area (Å²) in [6.07, 6.45) is 0. The molecular formula is C54H31B2N3O2. The zero-order valence-electron chi connectivity index (χ0n) is 32.7. The second kappa shape index (κ2) is 11.4. The van der Waals surface area contributed by atoms with Crippen molar-refractivity contribution in [3.05, 3.63) is 188 Å². The molecule has 4 aliphatic rings. The molecule has 9 aromatic carbocycles. The standard InChI is InChI=1S/C54H31B2N3O2/c1-3-14-32(15-4-1)57-42-22-9-7-20-38(42)55-40-28-36-34-18-11-19-35-37-29-41-51(31-47(37)59(54(34)35)46(36)30-50(40)60-48-26-12-24-44(57)52(48)55)61-49-27-13-25-45-53(49)56(41)39-21-8-10-23-43(39)58(45)33-16-5-2-6-17-33/h1-31H. The molecule has 0 unspecified atom stereocenters. The summed E-state index contributed by atoms with van der Waals surface area (Å²) >= 11 is 0. The van der Waals surface area contributed by atoms with Crippen molar-refractivity contribution in [2.24, 2.45) is 0 Å². The van der Waals surface area contributed by atoms with Crippen LogP contribution in [0.1, 0.15) is 0 Å². The molecule has 0 spiro atoms. The number of rotatable bonds is 2. The molecule has 5 nitrogen and oxygen atoms in total. The summed E-state index contributed by atoms with van der Waals surface area (Å²) in [5, 5.41) is 4.94. The first-order valence-electron chi connectivity index (χ1n) is 21.1. The Morgan fingerprint density at radius 1 is 0.328 bits per heavy atom. The van der Waals surface area contributed by atoms with Crippen LogP contribution < -0.4 is 52.1 Å². The predicted molar refractivity (Wildman–Crippen MR) is 253 cm³/mol. The van der Waals surface area contributed by atoms with E-state index in [1.807, 2.05) is 0 Å². The fourth-order valence-corrected chi connectivity index (χ4v) is 11.4. The van der Waals surface area contributed by atoms with E-state index in [2.05, 4.69) is 202 Å². The number of hydrogen-bond donors (Lipinski definition) is 0. The van der Waals surface area contributed by atoms with Crippen LogP contribution in [0.25, 0.3) is 38.1 Å². The van der Waals surface area contributed by atoms with Crippen molar-refractivity contribution in [2.75, 3.05) is 9.80 Å². The fraction of sp³-hybridized carbons (Fsp3) is 0. The normalized spacial score (nSPS) is 14.0. The quantitative estimate of drug-likeness (QED) is 0.164. The molecule has 6 heterocycles. The summed E-state index contributed by atoms with van der Waals surface area (Å²) in [5.74, 6) is 3.61. The number of aromatic nitrogens is 1. The van der Waals surface area contributed by atoms with Crippen LogP contribution in [0.5, 0.6) is 23.0 Å². The zero-order valence-corrected chi connectivity index (χ0v) is 32.7. The van der Waals surface area contributed by atoms with Crippen LogP contribution in [-0.4, -0.2) is 17.8 Å². The Morgan fingerprint density at radius 3 is 1.25 bits per heavy atom. The maximum absolute atomic E-state index is 7.01. The maximum atomic E-state index is 7.01. The van der Waals surface area contributed by atoms with Gasteiger partial charge in [0.1, 0.15) is 23.0 Å². The molecule has 7 heteroatoms. The molecule has 0 bridgehead atoms. The Bertz CT molecular complexity index is 3460. The van der Waals surface area contributed by atoms with Gasteiger partial charge in [-0.05, 0) is 93.4 Å². The topological polar surface area (TPSA) is 29.4 Å². The van der Waals surface area contributed by atoms with Crippen molar-refractivity contribution in [3.8, 4) is 23.0 Å². The number of ether oxygens (including phenoxy) is 2. The molecule has 0 saturated carbocycles. The van der Waals surface area contributed by atoms with Crippen LogP contribution in [0.3, 0.4) is 0 Å². The van der Waals surface area contributed by atoms with E-state index in [1.165, 1.54) is 71.2 Å². The lowest BCUT2D eigenvalue weighted by Gasteiger charge is -2.40. The maximum Gasteiger partial charge on any atom is 0.256 e. The SMILES string of the molecule is c1ccc(N2c3ccccc3B3c4cc5c6cccc7c8cc9c(cc8n(c5cc4Oc4cccc2c43)c67)Oc2cccc3c2B9c2ccccc2N3c2ccccc2)cc1. The Labute approximate surface area is 351 Å². The third kappa shape index (κ3) is 4.03. The highest BCUT2D eigenvalue weighted by atomic mass is 16.5. The molecule has 0 saturated heterocycles. The molecule has 0 atom stereocenters. The van der Waals surface area contributed by atoms with E-state index >= 15 is 0 Å². The van der Waals surface area contributed by atoms with Crippen LogP contribution in [0.15, 0.2) is 188 Å². The summed E-state index contributed by atoms with van der Waals surface area (Å²) in [6.45, 7) is 0.0442. The molecular weight excluding hydrogens is 744 g/mol. The van der Waals surface area contributed by atoms with Crippen LogP contribution >= 0.6 is 0 Å². The Morgan fingerprint density at radius 2 is 0.754 bits per heavy atom. The van der Waals surface area contributed by atoms with Crippen molar-refractivity contribution in [1.82, 2.24) is 4.40 Å². The summed E-state index contributed by atoms with van der Waals surface area (Å²) in [4.78, 5) is 4.77. The van der Waals surface area contributed by atoms with Gasteiger partial charge < -0.3 is 23.7 Å². The van der Waals surface area contributed by atoms with E-state index in [4.69, 9.17) is 9.47 Å². The Kier molecular flexibility index (Phi) is 6.00. The van der Waals surface area contributed by atoms with Gasteiger partial charge in [0.25, 0.3) is 13.4 Å². The van der Waals surface area contributed by atoms with E-state index in [1.54, 1.807) is 0 Å². The lowest BCUT2D eigenvalue weighted by atomic mass is 9.34. The first-order chi connectivity index (χ1) is 30.3. The predicted octanol–water partition coefficient (Wildman–Crippen LogP) is 9.65. The van der Waals surface area contributed by atoms with Crippen LogP contribution in [0.2, 0.25) is 0 Å². The second-order valence-corrected chi connectivity index (χ2v) is 16.8. The van der Waals surface area contributed by atoms with E-state index in [-0.39, 0.29) is 13.4 Å². The average Bonchev–Trinajstić information content (AvgIpc) is 3.81. The lowest BCUT2D eigenvalue weighted by Crippen LogP contribution is -2.59. The highest BCUT2D eigenvalue weighted by Crippen LogP contribution is 2.46. The number of nitrogens with zero attached hydrogens (tertiary/aromatic N) is 3. The van der Waals surface area contributed by atoms with Gasteiger partial charge in [0.05, 0.1) is 16.6 Å². The molecule has 0 amide bonds. The summed E-state index contributed by atoms with van der Waals surface area (Å²) in [5.41, 5.74) is 17.8. The van der Waals surface area contributed by atoms with Crippen molar-refractivity contribution >= 4 is 118 Å². The minimum atomic E-state index is 0.0221. The van der Waals surface area contributed by atoms with Gasteiger partial charge in [-0.15, -0.1) is 0 Å². The van der Waals surface area contributed by atoms with Gasteiger partial charge in [0, 0.05) is 67.8 Å². The molecule has 15 rings (SSSR count). The van der Waals surface area contributed by atoms with Crippen LogP contribution in [0.4, 0.5) is 34.1 Å². The number of fused-ring (bicyclic) bond motifs is 14. The van der Waals surface area contributed by atoms with Crippen molar-refractivity contribution in [1.29, 1.82) is 0 Å². The molecule has 11 aromatic rings. The van der Waals surface area contributed by atoms with Gasteiger partial charge in [0.15, 0.2) is 0 Å². The van der Waals surface area contributed by atoms with Crippen LogP contribution in [-0.2, 0) is 0 Å². The smallest absolute Gasteiger partial charge is 0.256 e. The van der Waals surface area contributed by atoms with Crippen molar-refractivity contribution < 1.29 is 9.47 Å². The third-order valence-electron chi connectivity index (χ3n) is 13.8. The number of benzene rings is 9. The van der Waals surface area contributed by atoms with Gasteiger partial charge in [-0.2, -0.15) is 0 Å².